The first-order chi connectivity index (χ1) is 12.6. The van der Waals surface area contributed by atoms with Crippen molar-refractivity contribution in [3.8, 4) is 0 Å². The van der Waals surface area contributed by atoms with Gasteiger partial charge < -0.3 is 10.1 Å². The van der Waals surface area contributed by atoms with Gasteiger partial charge in [0, 0.05) is 6.54 Å². The van der Waals surface area contributed by atoms with Gasteiger partial charge >= 0.3 is 5.97 Å². The molecule has 0 bridgehead atoms. The lowest BCUT2D eigenvalue weighted by Crippen LogP contribution is -2.42. The van der Waals surface area contributed by atoms with Crippen molar-refractivity contribution in [1.29, 1.82) is 0 Å². The van der Waals surface area contributed by atoms with Crippen molar-refractivity contribution in [3.05, 3.63) is 47.8 Å². The summed E-state index contributed by atoms with van der Waals surface area (Å²) < 4.78 is 6.39. The predicted octanol–water partition coefficient (Wildman–Crippen LogP) is 1.94. The van der Waals surface area contributed by atoms with Crippen molar-refractivity contribution in [1.82, 2.24) is 20.3 Å². The lowest BCUT2D eigenvalue weighted by Gasteiger charge is -2.14. The Balaban J connectivity index is 1.86. The normalized spacial score (nSPS) is 11.8. The minimum absolute atomic E-state index is 0.197. The SMILES string of the molecule is COC(=O)[C@H](CCSC)NC(=O)c1cn(CCCc2ccccc2)nn1. The van der Waals surface area contributed by atoms with Crippen molar-refractivity contribution in [2.24, 2.45) is 0 Å². The zero-order valence-corrected chi connectivity index (χ0v) is 15.9. The number of carbonyl (C=O) groups is 2. The van der Waals surface area contributed by atoms with Crippen LogP contribution in [0.4, 0.5) is 0 Å². The smallest absolute Gasteiger partial charge is 0.328 e. The summed E-state index contributed by atoms with van der Waals surface area (Å²) in [6, 6.07) is 9.52. The predicted molar refractivity (Wildman–Crippen MR) is 101 cm³/mol. The van der Waals surface area contributed by atoms with Gasteiger partial charge in [0.15, 0.2) is 5.69 Å². The number of aryl methyl sites for hydroxylation is 2. The molecule has 0 aliphatic heterocycles. The Labute approximate surface area is 157 Å². The molecule has 0 saturated heterocycles. The average Bonchev–Trinajstić information content (AvgIpc) is 3.14. The van der Waals surface area contributed by atoms with E-state index in [9.17, 15) is 9.59 Å². The molecule has 26 heavy (non-hydrogen) atoms. The molecule has 1 aromatic carbocycles. The molecule has 1 atom stereocenters. The van der Waals surface area contributed by atoms with Crippen molar-refractivity contribution in [2.75, 3.05) is 19.1 Å². The minimum atomic E-state index is -0.678. The third-order valence-electron chi connectivity index (χ3n) is 3.87. The fourth-order valence-corrected chi connectivity index (χ4v) is 2.93. The standard InChI is InChI=1S/C18H24N4O3S/c1-25-18(24)15(10-12-26-2)19-17(23)16-13-22(21-20-16)11-6-9-14-7-4-3-5-8-14/h3-5,7-8,13,15H,6,9-12H2,1-2H3,(H,19,23)/t15-/m0/s1. The summed E-state index contributed by atoms with van der Waals surface area (Å²) in [5.74, 6) is -0.134. The number of methoxy groups -OCH3 is 1. The van der Waals surface area contributed by atoms with Gasteiger partial charge in [0.1, 0.15) is 6.04 Å². The molecule has 0 aliphatic carbocycles. The van der Waals surface area contributed by atoms with Crippen molar-refractivity contribution in [3.63, 3.8) is 0 Å². The Bertz CT molecular complexity index is 705. The van der Waals surface area contributed by atoms with E-state index in [1.54, 1.807) is 22.6 Å². The van der Waals surface area contributed by atoms with Crippen LogP contribution in [-0.2, 0) is 22.5 Å². The number of ether oxygens (including phenoxy) is 1. The van der Waals surface area contributed by atoms with Crippen LogP contribution < -0.4 is 5.32 Å². The van der Waals surface area contributed by atoms with E-state index >= 15 is 0 Å². The van der Waals surface area contributed by atoms with Gasteiger partial charge in [-0.1, -0.05) is 35.5 Å². The van der Waals surface area contributed by atoms with Crippen LogP contribution in [0, 0.1) is 0 Å². The largest absolute Gasteiger partial charge is 0.467 e. The Kier molecular flexibility index (Phi) is 8.14. The van der Waals surface area contributed by atoms with Gasteiger partial charge in [0.2, 0.25) is 0 Å². The Morgan fingerprint density at radius 3 is 2.77 bits per heavy atom. The number of aromatic nitrogens is 3. The van der Waals surface area contributed by atoms with E-state index in [-0.39, 0.29) is 5.69 Å². The van der Waals surface area contributed by atoms with Gasteiger partial charge in [-0.3, -0.25) is 9.48 Å². The van der Waals surface area contributed by atoms with Crippen LogP contribution in [0.2, 0.25) is 0 Å². The molecule has 0 spiro atoms. The summed E-state index contributed by atoms with van der Waals surface area (Å²) in [5, 5.41) is 10.6. The number of hydrogen-bond donors (Lipinski definition) is 1. The summed E-state index contributed by atoms with van der Waals surface area (Å²) in [4.78, 5) is 24.1. The van der Waals surface area contributed by atoms with E-state index in [0.717, 1.165) is 18.6 Å². The van der Waals surface area contributed by atoms with Gasteiger partial charge in [-0.25, -0.2) is 4.79 Å². The van der Waals surface area contributed by atoms with Gasteiger partial charge in [-0.2, -0.15) is 11.8 Å². The molecule has 140 valence electrons. The van der Waals surface area contributed by atoms with Crippen LogP contribution in [0.3, 0.4) is 0 Å². The Morgan fingerprint density at radius 2 is 2.08 bits per heavy atom. The highest BCUT2D eigenvalue weighted by molar-refractivity contribution is 7.98. The van der Waals surface area contributed by atoms with E-state index in [0.29, 0.717) is 13.0 Å². The van der Waals surface area contributed by atoms with Crippen LogP contribution in [-0.4, -0.2) is 52.0 Å². The molecule has 1 heterocycles. The van der Waals surface area contributed by atoms with Crippen molar-refractivity contribution >= 4 is 23.6 Å². The molecule has 7 nitrogen and oxygen atoms in total. The first-order valence-electron chi connectivity index (χ1n) is 8.45. The third-order valence-corrected chi connectivity index (χ3v) is 4.51. The molecule has 8 heteroatoms. The molecule has 0 unspecified atom stereocenters. The van der Waals surface area contributed by atoms with Crippen LogP contribution in [0.25, 0.3) is 0 Å². The van der Waals surface area contributed by atoms with Crippen molar-refractivity contribution in [2.45, 2.75) is 31.8 Å². The van der Waals surface area contributed by atoms with E-state index in [2.05, 4.69) is 27.8 Å². The van der Waals surface area contributed by atoms with Crippen LogP contribution in [0.1, 0.15) is 28.9 Å². The summed E-state index contributed by atoms with van der Waals surface area (Å²) in [6.07, 6.45) is 5.87. The molecule has 2 aromatic rings. The molecular weight excluding hydrogens is 352 g/mol. The maximum absolute atomic E-state index is 12.3. The van der Waals surface area contributed by atoms with E-state index in [1.807, 2.05) is 24.5 Å². The number of benzene rings is 1. The number of rotatable bonds is 10. The van der Waals surface area contributed by atoms with Gasteiger partial charge in [-0.15, -0.1) is 5.10 Å². The zero-order chi connectivity index (χ0) is 18.8. The monoisotopic (exact) mass is 376 g/mol. The lowest BCUT2D eigenvalue weighted by atomic mass is 10.1. The highest BCUT2D eigenvalue weighted by Crippen LogP contribution is 2.06. The van der Waals surface area contributed by atoms with E-state index in [1.165, 1.54) is 12.7 Å². The first-order valence-corrected chi connectivity index (χ1v) is 9.85. The van der Waals surface area contributed by atoms with Gasteiger partial charge in [0.25, 0.3) is 5.91 Å². The van der Waals surface area contributed by atoms with E-state index in [4.69, 9.17) is 4.74 Å². The molecule has 1 amide bonds. The lowest BCUT2D eigenvalue weighted by molar-refractivity contribution is -0.142. The molecule has 0 saturated carbocycles. The molecule has 1 N–H and O–H groups in total. The average molecular weight is 376 g/mol. The highest BCUT2D eigenvalue weighted by Gasteiger charge is 2.23. The van der Waals surface area contributed by atoms with Crippen LogP contribution in [0.5, 0.6) is 0 Å². The second kappa shape index (κ2) is 10.6. The highest BCUT2D eigenvalue weighted by atomic mass is 32.2. The molecule has 2 rings (SSSR count). The quantitative estimate of drug-likeness (QED) is 0.638. The number of thioether (sulfide) groups is 1. The molecule has 0 aliphatic rings. The summed E-state index contributed by atoms with van der Waals surface area (Å²) >= 11 is 1.60. The Morgan fingerprint density at radius 1 is 1.31 bits per heavy atom. The summed E-state index contributed by atoms with van der Waals surface area (Å²) in [5.41, 5.74) is 1.46. The Hall–Kier alpha value is -2.35. The third kappa shape index (κ3) is 6.18. The molecule has 0 fully saturated rings. The van der Waals surface area contributed by atoms with E-state index < -0.39 is 17.9 Å². The number of amides is 1. The number of carbonyl (C=O) groups excluding carboxylic acids is 2. The zero-order valence-electron chi connectivity index (χ0n) is 15.1. The topological polar surface area (TPSA) is 86.1 Å². The second-order valence-corrected chi connectivity index (χ2v) is 6.77. The van der Waals surface area contributed by atoms with Gasteiger partial charge in [-0.05, 0) is 36.8 Å². The molecular formula is C18H24N4O3S. The van der Waals surface area contributed by atoms with Crippen molar-refractivity contribution < 1.29 is 14.3 Å². The summed E-state index contributed by atoms with van der Waals surface area (Å²) in [6.45, 7) is 0.669. The fourth-order valence-electron chi connectivity index (χ4n) is 2.46. The fraction of sp³-hybridized carbons (Fsp3) is 0.444. The second-order valence-electron chi connectivity index (χ2n) is 5.79. The number of hydrogen-bond acceptors (Lipinski definition) is 6. The van der Waals surface area contributed by atoms with Gasteiger partial charge in [0.05, 0.1) is 13.3 Å². The maximum atomic E-state index is 12.3. The molecule has 1 aromatic heterocycles. The summed E-state index contributed by atoms with van der Waals surface area (Å²) in [7, 11) is 1.31. The number of nitrogens with one attached hydrogen (secondary N) is 1. The number of esters is 1. The maximum Gasteiger partial charge on any atom is 0.328 e. The molecule has 0 radical (unpaired) electrons. The van der Waals surface area contributed by atoms with Crippen LogP contribution >= 0.6 is 11.8 Å². The number of nitrogens with zero attached hydrogens (tertiary/aromatic N) is 3. The minimum Gasteiger partial charge on any atom is -0.467 e. The first kappa shape index (κ1) is 20.0. The van der Waals surface area contributed by atoms with Crippen LogP contribution in [0.15, 0.2) is 36.5 Å².